The molecule has 3 rings (SSSR count). The molecule has 0 N–H and O–H groups in total. The van der Waals surface area contributed by atoms with E-state index in [0.717, 1.165) is 0 Å². The number of hydrogen-bond acceptors (Lipinski definition) is 5. The third-order valence-corrected chi connectivity index (χ3v) is 4.62. The van der Waals surface area contributed by atoms with Gasteiger partial charge in [0.15, 0.2) is 11.5 Å². The van der Waals surface area contributed by atoms with Gasteiger partial charge < -0.3 is 19.3 Å². The molecule has 0 aliphatic carbocycles. The molecule has 7 heteroatoms. The van der Waals surface area contributed by atoms with E-state index in [-0.39, 0.29) is 11.5 Å². The Balaban J connectivity index is 1.73. The van der Waals surface area contributed by atoms with Crippen molar-refractivity contribution in [3.05, 3.63) is 53.3 Å². The molecule has 27 heavy (non-hydrogen) atoms. The Morgan fingerprint density at radius 1 is 1.11 bits per heavy atom. The van der Waals surface area contributed by atoms with Crippen molar-refractivity contribution in [3.8, 4) is 17.6 Å². The highest BCUT2D eigenvalue weighted by molar-refractivity contribution is 5.98. The molecule has 1 aliphatic heterocycles. The fraction of sp³-hybridized carbons (Fsp3) is 0.300. The number of hydrogen-bond donors (Lipinski definition) is 0. The van der Waals surface area contributed by atoms with Crippen molar-refractivity contribution in [1.29, 1.82) is 5.26 Å². The van der Waals surface area contributed by atoms with E-state index in [2.05, 4.69) is 0 Å². The van der Waals surface area contributed by atoms with Crippen LogP contribution >= 0.6 is 0 Å². The van der Waals surface area contributed by atoms with Crippen molar-refractivity contribution >= 4 is 11.6 Å². The fourth-order valence-electron chi connectivity index (χ4n) is 3.21. The van der Waals surface area contributed by atoms with E-state index in [9.17, 15) is 9.18 Å². The van der Waals surface area contributed by atoms with E-state index in [1.54, 1.807) is 35.2 Å². The Morgan fingerprint density at radius 3 is 2.44 bits per heavy atom. The number of anilines is 1. The maximum Gasteiger partial charge on any atom is 0.257 e. The second-order valence-electron chi connectivity index (χ2n) is 6.10. The summed E-state index contributed by atoms with van der Waals surface area (Å²) >= 11 is 0. The lowest BCUT2D eigenvalue weighted by molar-refractivity contribution is 0.0742. The Labute approximate surface area is 157 Å². The van der Waals surface area contributed by atoms with Crippen LogP contribution in [-0.4, -0.2) is 51.2 Å². The topological polar surface area (TPSA) is 65.8 Å². The van der Waals surface area contributed by atoms with Crippen LogP contribution in [0.25, 0.3) is 0 Å². The standard InChI is InChI=1S/C20H20FN3O3/c1-26-18-5-3-4-15(19(18)27-2)20(25)24-10-8-23(9-11-24)17-7-6-14(13-22)12-16(17)21/h3-7,12H,8-11H2,1-2H3. The van der Waals surface area contributed by atoms with Crippen molar-refractivity contribution in [2.75, 3.05) is 45.3 Å². The van der Waals surface area contributed by atoms with Gasteiger partial charge in [0.05, 0.1) is 37.1 Å². The molecule has 140 valence electrons. The summed E-state index contributed by atoms with van der Waals surface area (Å²) in [5.74, 6) is 0.334. The highest BCUT2D eigenvalue weighted by Gasteiger charge is 2.26. The number of nitrogens with zero attached hydrogens (tertiary/aromatic N) is 3. The molecule has 0 radical (unpaired) electrons. The highest BCUT2D eigenvalue weighted by Crippen LogP contribution is 2.32. The van der Waals surface area contributed by atoms with Gasteiger partial charge in [-0.1, -0.05) is 6.07 Å². The van der Waals surface area contributed by atoms with Gasteiger partial charge in [-0.2, -0.15) is 5.26 Å². The van der Waals surface area contributed by atoms with Crippen LogP contribution in [0.15, 0.2) is 36.4 Å². The largest absolute Gasteiger partial charge is 0.493 e. The molecule has 6 nitrogen and oxygen atoms in total. The molecule has 2 aromatic carbocycles. The summed E-state index contributed by atoms with van der Waals surface area (Å²) in [6.07, 6.45) is 0. The zero-order valence-electron chi connectivity index (χ0n) is 15.2. The van der Waals surface area contributed by atoms with Crippen LogP contribution < -0.4 is 14.4 Å². The summed E-state index contributed by atoms with van der Waals surface area (Å²) in [5, 5.41) is 8.85. The lowest BCUT2D eigenvalue weighted by atomic mass is 10.1. The predicted octanol–water partition coefficient (Wildman–Crippen LogP) is 2.68. The normalized spacial score (nSPS) is 13.9. The second kappa shape index (κ2) is 7.96. The molecule has 2 aromatic rings. The monoisotopic (exact) mass is 369 g/mol. The van der Waals surface area contributed by atoms with Gasteiger partial charge in [-0.15, -0.1) is 0 Å². The number of amides is 1. The number of carbonyl (C=O) groups is 1. The Bertz CT molecular complexity index is 887. The SMILES string of the molecule is COc1cccc(C(=O)N2CCN(c3ccc(C#N)cc3F)CC2)c1OC. The summed E-state index contributed by atoms with van der Waals surface area (Å²) in [7, 11) is 3.03. The van der Waals surface area contributed by atoms with Crippen LogP contribution in [0.5, 0.6) is 11.5 Å². The third kappa shape index (κ3) is 3.65. The summed E-state index contributed by atoms with van der Waals surface area (Å²) in [4.78, 5) is 16.5. The predicted molar refractivity (Wildman–Crippen MR) is 98.8 cm³/mol. The molecule has 0 bridgehead atoms. The number of halogens is 1. The van der Waals surface area contributed by atoms with Gasteiger partial charge in [0.25, 0.3) is 5.91 Å². The maximum atomic E-state index is 14.2. The van der Waals surface area contributed by atoms with Gasteiger partial charge in [-0.05, 0) is 30.3 Å². The molecule has 1 amide bonds. The molecule has 0 saturated carbocycles. The van der Waals surface area contributed by atoms with Crippen LogP contribution in [0.3, 0.4) is 0 Å². The first-order valence-electron chi connectivity index (χ1n) is 8.54. The smallest absolute Gasteiger partial charge is 0.257 e. The van der Waals surface area contributed by atoms with Gasteiger partial charge in [0.2, 0.25) is 0 Å². The number of nitriles is 1. The summed E-state index contributed by atoms with van der Waals surface area (Å²) in [6.45, 7) is 1.92. The van der Waals surface area contributed by atoms with Gasteiger partial charge >= 0.3 is 0 Å². The van der Waals surface area contributed by atoms with Crippen LogP contribution in [0.4, 0.5) is 10.1 Å². The minimum absolute atomic E-state index is 0.147. The minimum atomic E-state index is -0.428. The minimum Gasteiger partial charge on any atom is -0.493 e. The van der Waals surface area contributed by atoms with Crippen LogP contribution in [0.1, 0.15) is 15.9 Å². The first-order valence-corrected chi connectivity index (χ1v) is 8.54. The lowest BCUT2D eigenvalue weighted by Gasteiger charge is -2.36. The van der Waals surface area contributed by atoms with E-state index >= 15 is 0 Å². The summed E-state index contributed by atoms with van der Waals surface area (Å²) in [5.41, 5.74) is 1.17. The van der Waals surface area contributed by atoms with E-state index in [1.807, 2.05) is 11.0 Å². The van der Waals surface area contributed by atoms with Gasteiger partial charge in [-0.3, -0.25) is 4.79 Å². The average molecular weight is 369 g/mol. The lowest BCUT2D eigenvalue weighted by Crippen LogP contribution is -2.49. The van der Waals surface area contributed by atoms with E-state index in [1.165, 1.54) is 20.3 Å². The molecular formula is C20H20FN3O3. The number of piperazine rings is 1. The summed E-state index contributed by atoms with van der Waals surface area (Å²) < 4.78 is 24.8. The molecule has 0 aromatic heterocycles. The molecule has 1 aliphatic rings. The first kappa shape index (κ1) is 18.5. The molecular weight excluding hydrogens is 349 g/mol. The second-order valence-corrected chi connectivity index (χ2v) is 6.10. The van der Waals surface area contributed by atoms with E-state index in [0.29, 0.717) is 48.9 Å². The van der Waals surface area contributed by atoms with Crippen molar-refractivity contribution in [2.45, 2.75) is 0 Å². The maximum absolute atomic E-state index is 14.2. The number of rotatable bonds is 4. The number of ether oxygens (including phenoxy) is 2. The van der Waals surface area contributed by atoms with Crippen molar-refractivity contribution < 1.29 is 18.7 Å². The quantitative estimate of drug-likeness (QED) is 0.829. The van der Waals surface area contributed by atoms with Gasteiger partial charge in [-0.25, -0.2) is 4.39 Å². The molecule has 1 fully saturated rings. The van der Waals surface area contributed by atoms with Crippen molar-refractivity contribution in [2.24, 2.45) is 0 Å². The first-order chi connectivity index (χ1) is 13.1. The summed E-state index contributed by atoms with van der Waals surface area (Å²) in [6, 6.07) is 11.5. The molecule has 1 heterocycles. The van der Waals surface area contributed by atoms with Crippen LogP contribution in [-0.2, 0) is 0 Å². The zero-order valence-corrected chi connectivity index (χ0v) is 15.2. The molecule has 0 spiro atoms. The zero-order chi connectivity index (χ0) is 19.4. The van der Waals surface area contributed by atoms with Gasteiger partial charge in [0, 0.05) is 26.2 Å². The number of methoxy groups -OCH3 is 2. The Morgan fingerprint density at radius 2 is 1.85 bits per heavy atom. The fourth-order valence-corrected chi connectivity index (χ4v) is 3.21. The number of benzene rings is 2. The van der Waals surface area contributed by atoms with Crippen LogP contribution in [0.2, 0.25) is 0 Å². The molecule has 0 atom stereocenters. The average Bonchev–Trinajstić information content (AvgIpc) is 2.72. The van der Waals surface area contributed by atoms with Gasteiger partial charge in [0.1, 0.15) is 5.82 Å². The Kier molecular flexibility index (Phi) is 5.46. The van der Waals surface area contributed by atoms with Crippen molar-refractivity contribution in [3.63, 3.8) is 0 Å². The number of para-hydroxylation sites is 1. The highest BCUT2D eigenvalue weighted by atomic mass is 19.1. The van der Waals surface area contributed by atoms with Crippen molar-refractivity contribution in [1.82, 2.24) is 4.90 Å². The Hall–Kier alpha value is -3.27. The van der Waals surface area contributed by atoms with E-state index < -0.39 is 5.82 Å². The van der Waals surface area contributed by atoms with Crippen LogP contribution in [0, 0.1) is 17.1 Å². The molecule has 1 saturated heterocycles. The molecule has 0 unspecified atom stereocenters. The third-order valence-electron chi connectivity index (χ3n) is 4.62. The van der Waals surface area contributed by atoms with E-state index in [4.69, 9.17) is 14.7 Å². The number of carbonyl (C=O) groups excluding carboxylic acids is 1.